The minimum absolute atomic E-state index is 0.0240. The van der Waals surface area contributed by atoms with Crippen molar-refractivity contribution >= 4 is 27.4 Å². The van der Waals surface area contributed by atoms with Crippen molar-refractivity contribution in [3.8, 4) is 5.75 Å². The van der Waals surface area contributed by atoms with Gasteiger partial charge < -0.3 is 9.64 Å². The third kappa shape index (κ3) is 4.84. The Labute approximate surface area is 211 Å². The minimum Gasteiger partial charge on any atom is -0.492 e. The van der Waals surface area contributed by atoms with E-state index in [9.17, 15) is 31.2 Å². The summed E-state index contributed by atoms with van der Waals surface area (Å²) in [5.74, 6) is -3.73. The number of anilines is 1. The monoisotopic (exact) mass is 530 g/mol. The van der Waals surface area contributed by atoms with Gasteiger partial charge >= 0.3 is 0 Å². The smallest absolute Gasteiger partial charge is 0.299 e. The Morgan fingerprint density at radius 3 is 2.30 bits per heavy atom. The fourth-order valence-corrected chi connectivity index (χ4v) is 6.31. The van der Waals surface area contributed by atoms with Gasteiger partial charge in [0.15, 0.2) is 0 Å². The molecule has 1 atom stereocenters. The van der Waals surface area contributed by atoms with Gasteiger partial charge in [-0.25, -0.2) is 21.6 Å². The Hall–Kier alpha value is -3.70. The summed E-state index contributed by atoms with van der Waals surface area (Å²) >= 11 is 0. The number of carbonyl (C=O) groups excluding carboxylic acids is 2. The molecular weight excluding hydrogens is 509 g/mol. The molecule has 0 radical (unpaired) electrons. The molecule has 1 saturated heterocycles. The highest BCUT2D eigenvalue weighted by atomic mass is 32.2. The van der Waals surface area contributed by atoms with E-state index in [4.69, 9.17) is 4.74 Å². The Morgan fingerprint density at radius 2 is 1.59 bits per heavy atom. The second-order valence-corrected chi connectivity index (χ2v) is 10.7. The number of hydrogen-bond acceptors (Lipinski definition) is 5. The molecule has 2 aliphatic heterocycles. The Bertz CT molecular complexity index is 1470. The number of amides is 1. The predicted molar refractivity (Wildman–Crippen MR) is 127 cm³/mol. The van der Waals surface area contributed by atoms with Crippen LogP contribution in [-0.4, -0.2) is 43.6 Å². The quantitative estimate of drug-likeness (QED) is 0.430. The molecule has 0 saturated carbocycles. The van der Waals surface area contributed by atoms with Crippen LogP contribution in [-0.2, 0) is 21.4 Å². The molecule has 3 aromatic carbocycles. The first-order valence-corrected chi connectivity index (χ1v) is 12.9. The summed E-state index contributed by atoms with van der Waals surface area (Å²) < 4.78 is 73.8. The Kier molecular flexibility index (Phi) is 6.50. The molecular formula is C26H21F3N2O5S. The van der Waals surface area contributed by atoms with Crippen LogP contribution in [0.5, 0.6) is 5.75 Å². The largest absolute Gasteiger partial charge is 0.492 e. The zero-order chi connectivity index (χ0) is 26.3. The number of fused-ring (bicyclic) bond motifs is 1. The molecule has 7 nitrogen and oxygen atoms in total. The number of hydrogen-bond donors (Lipinski definition) is 0. The molecule has 5 rings (SSSR count). The highest BCUT2D eigenvalue weighted by Gasteiger charge is 2.40. The normalized spacial score (nSPS) is 17.9. The lowest BCUT2D eigenvalue weighted by Gasteiger charge is -2.24. The van der Waals surface area contributed by atoms with E-state index < -0.39 is 45.2 Å². The van der Waals surface area contributed by atoms with E-state index in [1.54, 1.807) is 0 Å². The Morgan fingerprint density at radius 1 is 0.892 bits per heavy atom. The first-order valence-electron chi connectivity index (χ1n) is 11.5. The lowest BCUT2D eigenvalue weighted by atomic mass is 10.1. The number of nitrogens with zero attached hydrogens (tertiary/aromatic N) is 2. The van der Waals surface area contributed by atoms with Gasteiger partial charge in [-0.05, 0) is 48.7 Å². The number of rotatable bonds is 7. The molecule has 0 N–H and O–H groups in total. The summed E-state index contributed by atoms with van der Waals surface area (Å²) in [6, 6.07) is 11.6. The summed E-state index contributed by atoms with van der Waals surface area (Å²) in [4.78, 5) is 26.4. The molecule has 37 heavy (non-hydrogen) atoms. The van der Waals surface area contributed by atoms with E-state index in [0.29, 0.717) is 24.5 Å². The van der Waals surface area contributed by atoms with Crippen molar-refractivity contribution < 1.29 is 35.9 Å². The van der Waals surface area contributed by atoms with E-state index in [0.717, 1.165) is 12.1 Å². The van der Waals surface area contributed by atoms with Crippen LogP contribution in [0.25, 0.3) is 0 Å². The maximum Gasteiger partial charge on any atom is 0.299 e. The third-order valence-corrected chi connectivity index (χ3v) is 8.35. The van der Waals surface area contributed by atoms with Crippen LogP contribution >= 0.6 is 0 Å². The summed E-state index contributed by atoms with van der Waals surface area (Å²) in [6.45, 7) is 0.112. The second kappa shape index (κ2) is 9.64. The fourth-order valence-electron chi connectivity index (χ4n) is 4.60. The van der Waals surface area contributed by atoms with Crippen molar-refractivity contribution in [2.75, 3.05) is 18.1 Å². The highest BCUT2D eigenvalue weighted by Crippen LogP contribution is 2.34. The van der Waals surface area contributed by atoms with Gasteiger partial charge in [0.25, 0.3) is 11.7 Å². The molecule has 1 amide bonds. The molecule has 11 heteroatoms. The molecule has 0 aromatic heterocycles. The average molecular weight is 531 g/mol. The van der Waals surface area contributed by atoms with Crippen molar-refractivity contribution in [1.82, 2.24) is 4.31 Å². The summed E-state index contributed by atoms with van der Waals surface area (Å²) in [5.41, 5.74) is 0.841. The maximum absolute atomic E-state index is 13.5. The number of carbonyl (C=O) groups is 2. The molecule has 0 unspecified atom stereocenters. The van der Waals surface area contributed by atoms with Gasteiger partial charge in [-0.3, -0.25) is 9.59 Å². The summed E-state index contributed by atoms with van der Waals surface area (Å²) in [6.07, 6.45) is 1.03. The van der Waals surface area contributed by atoms with Crippen molar-refractivity contribution in [3.63, 3.8) is 0 Å². The van der Waals surface area contributed by atoms with E-state index in [2.05, 4.69) is 0 Å². The Balaban J connectivity index is 1.37. The molecule has 1 fully saturated rings. The molecule has 0 bridgehead atoms. The van der Waals surface area contributed by atoms with Crippen molar-refractivity contribution in [2.24, 2.45) is 0 Å². The average Bonchev–Trinajstić information content (AvgIpc) is 3.43. The van der Waals surface area contributed by atoms with Crippen LogP contribution in [0.15, 0.2) is 65.6 Å². The molecule has 0 spiro atoms. The van der Waals surface area contributed by atoms with Crippen molar-refractivity contribution in [3.05, 3.63) is 89.2 Å². The van der Waals surface area contributed by atoms with Crippen LogP contribution in [0, 0.1) is 17.5 Å². The zero-order valence-corrected chi connectivity index (χ0v) is 20.2. The van der Waals surface area contributed by atoms with Gasteiger partial charge in [0.1, 0.15) is 29.8 Å². The number of benzene rings is 3. The van der Waals surface area contributed by atoms with Gasteiger partial charge in [-0.15, -0.1) is 0 Å². The van der Waals surface area contributed by atoms with Gasteiger partial charge in [0.2, 0.25) is 10.0 Å². The van der Waals surface area contributed by atoms with Crippen LogP contribution in [0.3, 0.4) is 0 Å². The molecule has 3 aromatic rings. The lowest BCUT2D eigenvalue weighted by Crippen LogP contribution is -2.39. The molecule has 2 heterocycles. The van der Waals surface area contributed by atoms with E-state index in [-0.39, 0.29) is 41.6 Å². The van der Waals surface area contributed by atoms with Crippen LogP contribution in [0.2, 0.25) is 0 Å². The van der Waals surface area contributed by atoms with E-state index in [1.165, 1.54) is 51.7 Å². The number of halogens is 3. The molecule has 0 aliphatic carbocycles. The number of Topliss-reactive ketones (excluding diaryl/α,β-unsaturated/α-hetero) is 1. The first-order chi connectivity index (χ1) is 17.6. The first kappa shape index (κ1) is 25.0. The maximum atomic E-state index is 13.5. The summed E-state index contributed by atoms with van der Waals surface area (Å²) in [5, 5.41) is 0. The zero-order valence-electron chi connectivity index (χ0n) is 19.4. The molecule has 192 valence electrons. The highest BCUT2D eigenvalue weighted by molar-refractivity contribution is 7.89. The SMILES string of the molecule is O=C1C(=O)N(Cc2ccc(F)cc2)c2ccc(S(=O)(=O)N3CCC[C@H]3COc3cc(F)cc(F)c3)cc21. The van der Waals surface area contributed by atoms with E-state index in [1.807, 2.05) is 0 Å². The van der Waals surface area contributed by atoms with Crippen LogP contribution < -0.4 is 9.64 Å². The minimum atomic E-state index is -4.07. The van der Waals surface area contributed by atoms with E-state index >= 15 is 0 Å². The van der Waals surface area contributed by atoms with Gasteiger partial charge in [0.05, 0.1) is 28.7 Å². The molecule has 2 aliphatic rings. The van der Waals surface area contributed by atoms with Crippen LogP contribution in [0.1, 0.15) is 28.8 Å². The number of ether oxygens (including phenoxy) is 1. The van der Waals surface area contributed by atoms with Gasteiger partial charge in [0, 0.05) is 24.7 Å². The summed E-state index contributed by atoms with van der Waals surface area (Å²) in [7, 11) is -4.07. The third-order valence-electron chi connectivity index (χ3n) is 6.40. The van der Waals surface area contributed by atoms with Crippen molar-refractivity contribution in [1.29, 1.82) is 0 Å². The van der Waals surface area contributed by atoms with Gasteiger partial charge in [-0.2, -0.15) is 4.31 Å². The fraction of sp³-hybridized carbons (Fsp3) is 0.231. The topological polar surface area (TPSA) is 84.0 Å². The van der Waals surface area contributed by atoms with Gasteiger partial charge in [-0.1, -0.05) is 12.1 Å². The van der Waals surface area contributed by atoms with Crippen LogP contribution in [0.4, 0.5) is 18.9 Å². The second-order valence-electron chi connectivity index (χ2n) is 8.85. The number of sulfonamides is 1. The number of ketones is 1. The lowest BCUT2D eigenvalue weighted by molar-refractivity contribution is -0.114. The standard InChI is InChI=1S/C26H21F3N2O5S/c27-17-5-3-16(4-6-17)14-30-24-8-7-22(13-23(24)25(32)26(30)33)37(34,35)31-9-1-2-20(31)15-36-21-11-18(28)10-19(29)12-21/h3-8,10-13,20H,1-2,9,14-15H2/t20-/m0/s1. The predicted octanol–water partition coefficient (Wildman–Crippen LogP) is 4.07. The van der Waals surface area contributed by atoms with Crippen molar-refractivity contribution in [2.45, 2.75) is 30.3 Å².